The lowest BCUT2D eigenvalue weighted by atomic mass is 9.79. The summed E-state index contributed by atoms with van der Waals surface area (Å²) >= 11 is 0. The molecule has 1 heterocycles. The maximum atomic E-state index is 6.27. The minimum Gasteiger partial charge on any atom is -0.407 e. The Morgan fingerprint density at radius 1 is 1.03 bits per heavy atom. The summed E-state index contributed by atoms with van der Waals surface area (Å²) < 4.78 is 0. The van der Waals surface area contributed by atoms with Gasteiger partial charge in [-0.05, 0) is 48.8 Å². The number of hydroxylamine groups is 1. The van der Waals surface area contributed by atoms with Crippen LogP contribution in [0.25, 0.3) is 0 Å². The van der Waals surface area contributed by atoms with E-state index in [1.807, 2.05) is 6.08 Å². The van der Waals surface area contributed by atoms with Crippen molar-refractivity contribution in [3.05, 3.63) is 41.5 Å². The molecule has 2 aliphatic rings. The van der Waals surface area contributed by atoms with Gasteiger partial charge in [-0.1, -0.05) is 103 Å². The first-order chi connectivity index (χ1) is 14.7. The van der Waals surface area contributed by atoms with Crippen molar-refractivity contribution < 1.29 is 4.84 Å². The molecule has 2 nitrogen and oxygen atoms in total. The second kappa shape index (κ2) is 11.9. The smallest absolute Gasteiger partial charge is 0.155 e. The zero-order valence-electron chi connectivity index (χ0n) is 19.7. The second-order valence-electron chi connectivity index (χ2n) is 10.0. The molecule has 0 saturated heterocycles. The Bertz CT molecular complexity index is 667. The van der Waals surface area contributed by atoms with Crippen LogP contribution in [0.15, 0.2) is 24.8 Å². The molecule has 1 aromatic carbocycles. The Labute approximate surface area is 185 Å². The van der Waals surface area contributed by atoms with E-state index < -0.39 is 0 Å². The molecule has 168 valence electrons. The molecule has 1 aliphatic heterocycles. The van der Waals surface area contributed by atoms with Gasteiger partial charge in [0.1, 0.15) is 0 Å². The molecular formula is C28H45NO. The van der Waals surface area contributed by atoms with Crippen LogP contribution in [0.5, 0.6) is 5.75 Å². The maximum absolute atomic E-state index is 6.27. The van der Waals surface area contributed by atoms with Gasteiger partial charge in [-0.2, -0.15) is 0 Å². The number of nitrogens with one attached hydrogen (secondary N) is 1. The molecule has 0 amide bonds. The second-order valence-corrected chi connectivity index (χ2v) is 10.0. The summed E-state index contributed by atoms with van der Waals surface area (Å²) in [5.41, 5.74) is 7.77. The van der Waals surface area contributed by atoms with E-state index in [1.165, 1.54) is 100 Å². The molecule has 2 atom stereocenters. The number of hydrogen-bond acceptors (Lipinski definition) is 2. The van der Waals surface area contributed by atoms with Crippen molar-refractivity contribution in [2.24, 2.45) is 5.92 Å². The van der Waals surface area contributed by atoms with Crippen molar-refractivity contribution in [2.75, 3.05) is 0 Å². The van der Waals surface area contributed by atoms with Gasteiger partial charge in [-0.3, -0.25) is 0 Å². The van der Waals surface area contributed by atoms with Gasteiger partial charge in [0.2, 0.25) is 0 Å². The van der Waals surface area contributed by atoms with Crippen molar-refractivity contribution >= 4 is 0 Å². The molecule has 0 radical (unpaired) electrons. The molecule has 2 unspecified atom stereocenters. The third-order valence-electron chi connectivity index (χ3n) is 7.27. The fourth-order valence-electron chi connectivity index (χ4n) is 5.61. The van der Waals surface area contributed by atoms with E-state index >= 15 is 0 Å². The highest BCUT2D eigenvalue weighted by Crippen LogP contribution is 2.45. The van der Waals surface area contributed by atoms with Gasteiger partial charge in [0.25, 0.3) is 0 Å². The van der Waals surface area contributed by atoms with Crippen LogP contribution < -0.4 is 10.3 Å². The van der Waals surface area contributed by atoms with Gasteiger partial charge >= 0.3 is 0 Å². The summed E-state index contributed by atoms with van der Waals surface area (Å²) in [5, 5.41) is 0. The van der Waals surface area contributed by atoms with E-state index in [9.17, 15) is 0 Å². The van der Waals surface area contributed by atoms with E-state index in [0.717, 1.165) is 25.0 Å². The number of rotatable bonds is 4. The molecule has 2 heteroatoms. The summed E-state index contributed by atoms with van der Waals surface area (Å²) in [6.07, 6.45) is 22.8. The van der Waals surface area contributed by atoms with Crippen molar-refractivity contribution in [1.82, 2.24) is 5.48 Å². The van der Waals surface area contributed by atoms with Crippen LogP contribution in [0, 0.1) is 5.92 Å². The van der Waals surface area contributed by atoms with Gasteiger partial charge in [-0.15, -0.1) is 12.1 Å². The summed E-state index contributed by atoms with van der Waals surface area (Å²) in [7, 11) is 0. The monoisotopic (exact) mass is 411 g/mol. The lowest BCUT2D eigenvalue weighted by Crippen LogP contribution is -2.38. The minimum atomic E-state index is -0.00924. The highest BCUT2D eigenvalue weighted by molar-refractivity contribution is 5.51. The maximum Gasteiger partial charge on any atom is 0.155 e. The van der Waals surface area contributed by atoms with E-state index in [0.29, 0.717) is 5.92 Å². The van der Waals surface area contributed by atoms with Gasteiger partial charge in [0.15, 0.2) is 5.75 Å². The first kappa shape index (κ1) is 23.4. The van der Waals surface area contributed by atoms with Crippen LogP contribution in [0.1, 0.15) is 120 Å². The molecule has 1 N–H and O–H groups in total. The zero-order chi connectivity index (χ0) is 21.2. The zero-order valence-corrected chi connectivity index (χ0v) is 19.7. The summed E-state index contributed by atoms with van der Waals surface area (Å²) in [6.45, 7) is 8.72. The Hall–Kier alpha value is -1.28. The van der Waals surface area contributed by atoms with Crippen LogP contribution in [0.3, 0.4) is 0 Å². The van der Waals surface area contributed by atoms with Crippen LogP contribution in [0.2, 0.25) is 0 Å². The molecule has 0 fully saturated rings. The van der Waals surface area contributed by atoms with Gasteiger partial charge in [0, 0.05) is 5.56 Å². The van der Waals surface area contributed by atoms with Gasteiger partial charge in [-0.25, -0.2) is 0 Å². The average Bonchev–Trinajstić information content (AvgIpc) is 3.07. The fourth-order valence-corrected chi connectivity index (χ4v) is 5.61. The Balaban J connectivity index is 1.88. The van der Waals surface area contributed by atoms with E-state index in [-0.39, 0.29) is 5.54 Å². The van der Waals surface area contributed by atoms with Gasteiger partial charge in [0.05, 0.1) is 5.54 Å². The highest BCUT2D eigenvalue weighted by Gasteiger charge is 2.41. The van der Waals surface area contributed by atoms with Crippen LogP contribution in [-0.2, 0) is 18.4 Å². The van der Waals surface area contributed by atoms with Crippen molar-refractivity contribution in [1.29, 1.82) is 0 Å². The first-order valence-electron chi connectivity index (χ1n) is 12.9. The van der Waals surface area contributed by atoms with Crippen molar-refractivity contribution in [2.45, 2.75) is 122 Å². The van der Waals surface area contributed by atoms with Gasteiger partial charge < -0.3 is 4.84 Å². The quantitative estimate of drug-likeness (QED) is 0.504. The van der Waals surface area contributed by atoms with E-state index in [1.54, 1.807) is 0 Å². The van der Waals surface area contributed by atoms with Crippen LogP contribution >= 0.6 is 0 Å². The van der Waals surface area contributed by atoms with E-state index in [4.69, 9.17) is 4.84 Å². The lowest BCUT2D eigenvalue weighted by Gasteiger charge is -2.28. The molecule has 0 saturated carbocycles. The Morgan fingerprint density at radius 2 is 1.70 bits per heavy atom. The molecule has 30 heavy (non-hydrogen) atoms. The van der Waals surface area contributed by atoms with E-state index in [2.05, 4.69) is 38.0 Å². The van der Waals surface area contributed by atoms with Crippen LogP contribution in [0.4, 0.5) is 0 Å². The standard InChI is InChI=1S/C28H45NO/c1-4-16-24-21-25-20-23(3)17-14-12-10-8-6-7-9-11-13-15-19-28(18-5-2)26(22-24)27(25)30-29-28/h4,21-23,29H,1,5-20H2,2-3H3. The summed E-state index contributed by atoms with van der Waals surface area (Å²) in [5.74, 6) is 1.85. The predicted octanol–water partition coefficient (Wildman–Crippen LogP) is 8.18. The van der Waals surface area contributed by atoms with Crippen molar-refractivity contribution in [3.63, 3.8) is 0 Å². The molecular weight excluding hydrogens is 366 g/mol. The Kier molecular flexibility index (Phi) is 9.30. The SMILES string of the molecule is C=CCc1cc2c3c(c1)C(CCC)(CCCCCCCCCCCCC(C)C2)NO3. The predicted molar refractivity (Wildman–Crippen MR) is 129 cm³/mol. The highest BCUT2D eigenvalue weighted by atomic mass is 16.7. The third kappa shape index (κ3) is 6.13. The fraction of sp³-hybridized carbons (Fsp3) is 0.714. The topological polar surface area (TPSA) is 21.3 Å². The Morgan fingerprint density at radius 3 is 2.37 bits per heavy atom. The van der Waals surface area contributed by atoms with Crippen LogP contribution in [-0.4, -0.2) is 0 Å². The molecule has 0 aromatic heterocycles. The molecule has 1 aromatic rings. The third-order valence-corrected chi connectivity index (χ3v) is 7.27. The molecule has 3 rings (SSSR count). The normalized spacial score (nSPS) is 26.4. The molecule has 4 bridgehead atoms. The molecule has 1 aliphatic carbocycles. The summed E-state index contributed by atoms with van der Waals surface area (Å²) in [6, 6.07) is 4.80. The number of benzene rings is 1. The average molecular weight is 412 g/mol. The number of hydrogen-bond donors (Lipinski definition) is 1. The largest absolute Gasteiger partial charge is 0.407 e. The first-order valence-corrected chi connectivity index (χ1v) is 12.9. The van der Waals surface area contributed by atoms with Crippen molar-refractivity contribution in [3.8, 4) is 5.75 Å². The lowest BCUT2D eigenvalue weighted by molar-refractivity contribution is 0.109. The minimum absolute atomic E-state index is 0.00924. The number of allylic oxidation sites excluding steroid dienone is 1. The summed E-state index contributed by atoms with van der Waals surface area (Å²) in [4.78, 5) is 6.27. The molecule has 0 spiro atoms.